The molecular weight excluding hydrogens is 190 g/mol. The first-order valence-electron chi connectivity index (χ1n) is 5.09. The number of benzene rings is 1. The SMILES string of the molecule is O=C1c2c([nH]c3ccccc23)CCC1O. The highest BCUT2D eigenvalue weighted by molar-refractivity contribution is 6.11. The third-order valence-electron chi connectivity index (χ3n) is 3.00. The Morgan fingerprint density at radius 2 is 2.13 bits per heavy atom. The summed E-state index contributed by atoms with van der Waals surface area (Å²) >= 11 is 0. The zero-order valence-electron chi connectivity index (χ0n) is 8.16. The van der Waals surface area contributed by atoms with Crippen LogP contribution in [0, 0.1) is 0 Å². The van der Waals surface area contributed by atoms with Crippen molar-refractivity contribution in [2.75, 3.05) is 0 Å². The standard InChI is InChI=1S/C12H11NO2/c14-10-6-5-9-11(12(10)15)7-3-1-2-4-8(7)13-9/h1-4,10,13-14H,5-6H2. The molecule has 76 valence electrons. The van der Waals surface area contributed by atoms with Gasteiger partial charge in [-0.1, -0.05) is 18.2 Å². The molecule has 3 nitrogen and oxygen atoms in total. The van der Waals surface area contributed by atoms with E-state index >= 15 is 0 Å². The molecule has 0 amide bonds. The molecule has 1 aromatic carbocycles. The summed E-state index contributed by atoms with van der Waals surface area (Å²) in [5.41, 5.74) is 2.63. The number of para-hydroxylation sites is 1. The fourth-order valence-electron chi connectivity index (χ4n) is 2.25. The van der Waals surface area contributed by atoms with Gasteiger partial charge in [-0.3, -0.25) is 4.79 Å². The molecule has 15 heavy (non-hydrogen) atoms. The number of rotatable bonds is 0. The van der Waals surface area contributed by atoms with E-state index in [1.165, 1.54) is 0 Å². The minimum Gasteiger partial charge on any atom is -0.385 e. The minimum atomic E-state index is -0.822. The number of hydrogen-bond donors (Lipinski definition) is 2. The molecule has 1 atom stereocenters. The van der Waals surface area contributed by atoms with Crippen molar-refractivity contribution in [3.05, 3.63) is 35.5 Å². The molecule has 1 aliphatic carbocycles. The molecule has 3 heteroatoms. The fourth-order valence-corrected chi connectivity index (χ4v) is 2.25. The van der Waals surface area contributed by atoms with Gasteiger partial charge >= 0.3 is 0 Å². The lowest BCUT2D eigenvalue weighted by Gasteiger charge is -2.15. The predicted octanol–water partition coefficient (Wildman–Crippen LogP) is 1.66. The van der Waals surface area contributed by atoms with Crippen LogP contribution in [-0.2, 0) is 6.42 Å². The number of ketones is 1. The number of aryl methyl sites for hydroxylation is 1. The van der Waals surface area contributed by atoms with Gasteiger partial charge in [-0.25, -0.2) is 0 Å². The number of carbonyl (C=O) groups is 1. The molecule has 0 radical (unpaired) electrons. The Kier molecular flexibility index (Phi) is 1.70. The van der Waals surface area contributed by atoms with E-state index in [-0.39, 0.29) is 5.78 Å². The number of aliphatic hydroxyl groups excluding tert-OH is 1. The molecule has 2 N–H and O–H groups in total. The van der Waals surface area contributed by atoms with Crippen LogP contribution in [0.4, 0.5) is 0 Å². The monoisotopic (exact) mass is 201 g/mol. The summed E-state index contributed by atoms with van der Waals surface area (Å²) in [4.78, 5) is 15.1. The van der Waals surface area contributed by atoms with Crippen molar-refractivity contribution in [1.29, 1.82) is 0 Å². The summed E-state index contributed by atoms with van der Waals surface area (Å²) in [5, 5.41) is 10.5. The first-order valence-corrected chi connectivity index (χ1v) is 5.09. The maximum absolute atomic E-state index is 11.8. The molecule has 0 aliphatic heterocycles. The fraction of sp³-hybridized carbons (Fsp3) is 0.250. The molecule has 0 fully saturated rings. The number of carbonyl (C=O) groups excluding carboxylic acids is 1. The Morgan fingerprint density at radius 1 is 1.33 bits per heavy atom. The molecular formula is C12H11NO2. The molecule has 3 rings (SSSR count). The molecule has 1 aromatic heterocycles. The van der Waals surface area contributed by atoms with Gasteiger partial charge in [0, 0.05) is 22.2 Å². The Bertz CT molecular complexity index is 542. The van der Waals surface area contributed by atoms with Crippen LogP contribution >= 0.6 is 0 Å². The lowest BCUT2D eigenvalue weighted by atomic mass is 9.92. The zero-order chi connectivity index (χ0) is 10.4. The van der Waals surface area contributed by atoms with Gasteiger partial charge in [-0.15, -0.1) is 0 Å². The largest absolute Gasteiger partial charge is 0.385 e. The summed E-state index contributed by atoms with van der Waals surface area (Å²) in [6.07, 6.45) is 0.451. The van der Waals surface area contributed by atoms with Gasteiger partial charge in [0.25, 0.3) is 0 Å². The number of aliphatic hydroxyl groups is 1. The van der Waals surface area contributed by atoms with Crippen LogP contribution in [0.2, 0.25) is 0 Å². The van der Waals surface area contributed by atoms with Crippen molar-refractivity contribution >= 4 is 16.7 Å². The lowest BCUT2D eigenvalue weighted by Crippen LogP contribution is -2.26. The topological polar surface area (TPSA) is 53.1 Å². The Balaban J connectivity index is 2.34. The number of aromatic nitrogens is 1. The second kappa shape index (κ2) is 2.94. The van der Waals surface area contributed by atoms with E-state index < -0.39 is 6.10 Å². The summed E-state index contributed by atoms with van der Waals surface area (Å²) < 4.78 is 0. The normalized spacial score (nSPS) is 20.6. The van der Waals surface area contributed by atoms with Crippen molar-refractivity contribution < 1.29 is 9.90 Å². The van der Waals surface area contributed by atoms with E-state index in [4.69, 9.17) is 0 Å². The number of aromatic amines is 1. The Morgan fingerprint density at radius 3 is 3.00 bits per heavy atom. The van der Waals surface area contributed by atoms with Crippen molar-refractivity contribution in [3.8, 4) is 0 Å². The van der Waals surface area contributed by atoms with Gasteiger partial charge < -0.3 is 10.1 Å². The van der Waals surface area contributed by atoms with Gasteiger partial charge in [0.15, 0.2) is 5.78 Å². The Labute approximate surface area is 86.7 Å². The summed E-state index contributed by atoms with van der Waals surface area (Å²) in [6, 6.07) is 7.71. The zero-order valence-corrected chi connectivity index (χ0v) is 8.16. The second-order valence-corrected chi connectivity index (χ2v) is 3.94. The maximum atomic E-state index is 11.8. The Hall–Kier alpha value is -1.61. The van der Waals surface area contributed by atoms with Crippen LogP contribution in [0.3, 0.4) is 0 Å². The number of Topliss-reactive ketones (excluding diaryl/α,β-unsaturated/α-hetero) is 1. The summed E-state index contributed by atoms with van der Waals surface area (Å²) in [6.45, 7) is 0. The quantitative estimate of drug-likeness (QED) is 0.681. The predicted molar refractivity (Wildman–Crippen MR) is 57.0 cm³/mol. The second-order valence-electron chi connectivity index (χ2n) is 3.94. The molecule has 0 saturated heterocycles. The van der Waals surface area contributed by atoms with Gasteiger partial charge in [-0.2, -0.15) is 0 Å². The highest BCUT2D eigenvalue weighted by Gasteiger charge is 2.28. The third-order valence-corrected chi connectivity index (χ3v) is 3.00. The first kappa shape index (κ1) is 8.68. The van der Waals surface area contributed by atoms with Crippen molar-refractivity contribution in [2.24, 2.45) is 0 Å². The van der Waals surface area contributed by atoms with E-state index in [9.17, 15) is 9.90 Å². The number of H-pyrrole nitrogens is 1. The molecule has 0 spiro atoms. The van der Waals surface area contributed by atoms with Gasteiger partial charge in [0.1, 0.15) is 6.10 Å². The molecule has 0 bridgehead atoms. The van der Waals surface area contributed by atoms with Gasteiger partial charge in [0.2, 0.25) is 0 Å². The van der Waals surface area contributed by atoms with Crippen LogP contribution in [-0.4, -0.2) is 22.0 Å². The minimum absolute atomic E-state index is 0.145. The van der Waals surface area contributed by atoms with Crippen LogP contribution < -0.4 is 0 Å². The molecule has 2 aromatic rings. The molecule has 1 unspecified atom stereocenters. The van der Waals surface area contributed by atoms with Crippen molar-refractivity contribution in [1.82, 2.24) is 4.98 Å². The van der Waals surface area contributed by atoms with Crippen LogP contribution in [0.15, 0.2) is 24.3 Å². The van der Waals surface area contributed by atoms with Crippen LogP contribution in [0.1, 0.15) is 22.5 Å². The average molecular weight is 201 g/mol. The van der Waals surface area contributed by atoms with E-state index in [2.05, 4.69) is 4.98 Å². The number of nitrogens with one attached hydrogen (secondary N) is 1. The smallest absolute Gasteiger partial charge is 0.193 e. The maximum Gasteiger partial charge on any atom is 0.193 e. The molecule has 1 aliphatic rings. The van der Waals surface area contributed by atoms with Crippen molar-refractivity contribution in [2.45, 2.75) is 18.9 Å². The van der Waals surface area contributed by atoms with Crippen LogP contribution in [0.25, 0.3) is 10.9 Å². The number of hydrogen-bond acceptors (Lipinski definition) is 2. The summed E-state index contributed by atoms with van der Waals surface area (Å²) in [7, 11) is 0. The average Bonchev–Trinajstić information content (AvgIpc) is 2.62. The summed E-state index contributed by atoms with van der Waals surface area (Å²) in [5.74, 6) is -0.145. The molecule has 1 heterocycles. The highest BCUT2D eigenvalue weighted by atomic mass is 16.3. The van der Waals surface area contributed by atoms with E-state index in [1.807, 2.05) is 24.3 Å². The van der Waals surface area contributed by atoms with E-state index in [0.717, 1.165) is 23.0 Å². The van der Waals surface area contributed by atoms with E-state index in [0.29, 0.717) is 12.0 Å². The molecule has 0 saturated carbocycles. The third kappa shape index (κ3) is 1.13. The van der Waals surface area contributed by atoms with Gasteiger partial charge in [-0.05, 0) is 18.9 Å². The highest BCUT2D eigenvalue weighted by Crippen LogP contribution is 2.28. The lowest BCUT2D eigenvalue weighted by molar-refractivity contribution is 0.0714. The first-order chi connectivity index (χ1) is 7.27. The van der Waals surface area contributed by atoms with E-state index in [1.54, 1.807) is 0 Å². The van der Waals surface area contributed by atoms with Crippen LogP contribution in [0.5, 0.6) is 0 Å². The van der Waals surface area contributed by atoms with Gasteiger partial charge in [0.05, 0.1) is 0 Å². The number of fused-ring (bicyclic) bond motifs is 3. The van der Waals surface area contributed by atoms with Crippen molar-refractivity contribution in [3.63, 3.8) is 0 Å².